The molecule has 0 spiro atoms. The summed E-state index contributed by atoms with van der Waals surface area (Å²) < 4.78 is 14.1. The maximum Gasteiger partial charge on any atom is 0.408 e. The van der Waals surface area contributed by atoms with Crippen LogP contribution in [0.3, 0.4) is 0 Å². The van der Waals surface area contributed by atoms with E-state index in [2.05, 4.69) is 10.0 Å². The number of carbonyl (C=O) groups is 1. The molecule has 3 N–H and O–H groups in total. The molecule has 0 aliphatic heterocycles. The van der Waals surface area contributed by atoms with E-state index in [1.54, 1.807) is 6.66 Å². The number of ether oxygens (including phenoxy) is 1. The molecular weight excluding hydrogens is 349 g/mol. The van der Waals surface area contributed by atoms with Gasteiger partial charge in [-0.25, -0.2) is 4.79 Å². The van der Waals surface area contributed by atoms with Crippen molar-refractivity contribution in [2.75, 3.05) is 13.7 Å². The molecule has 2 unspecified atom stereocenters. The summed E-state index contributed by atoms with van der Waals surface area (Å²) in [5.41, 5.74) is 0. The van der Waals surface area contributed by atoms with Crippen molar-refractivity contribution in [1.29, 1.82) is 5.41 Å². The van der Waals surface area contributed by atoms with Crippen molar-refractivity contribution in [3.05, 3.63) is 0 Å². The zero-order valence-electron chi connectivity index (χ0n) is 13.1. The average Bonchev–Trinajstić information content (AvgIpc) is 2.32. The summed E-state index contributed by atoms with van der Waals surface area (Å²) in [7, 11) is 3.96. The summed E-state index contributed by atoms with van der Waals surface area (Å²) >= 11 is 5.49. The van der Waals surface area contributed by atoms with Crippen LogP contribution in [-0.2, 0) is 21.1 Å². The second-order valence-electron chi connectivity index (χ2n) is 4.87. The normalized spacial score (nSPS) is 15.6. The lowest BCUT2D eigenvalue weighted by molar-refractivity contribution is 0.147. The standard InChI is InChI=1S/C11H24N3O3PS3/c1-7(2)14-21-20-9(12)10(16-11(15)13-5)18(6,19)17-8(3)4/h7-8,10,12,14H,1-6H3,(H,13,15). The maximum absolute atomic E-state index is 11.5. The van der Waals surface area contributed by atoms with Gasteiger partial charge in [-0.05, 0) is 56.1 Å². The molecule has 6 nitrogen and oxygen atoms in total. The monoisotopic (exact) mass is 373 g/mol. The first-order valence-electron chi connectivity index (χ1n) is 6.41. The van der Waals surface area contributed by atoms with Crippen LogP contribution in [0.2, 0.25) is 0 Å². The first kappa shape index (κ1) is 21.2. The third-order valence-corrected chi connectivity index (χ3v) is 7.09. The van der Waals surface area contributed by atoms with E-state index in [4.69, 9.17) is 26.5 Å². The molecule has 0 rings (SSSR count). The largest absolute Gasteiger partial charge is 0.431 e. The Kier molecular flexibility index (Phi) is 10.2. The molecule has 10 heteroatoms. The van der Waals surface area contributed by atoms with E-state index >= 15 is 0 Å². The number of hydrogen-bond donors (Lipinski definition) is 3. The predicted molar refractivity (Wildman–Crippen MR) is 96.9 cm³/mol. The summed E-state index contributed by atoms with van der Waals surface area (Å²) in [6, 6.07) is 0.283. The van der Waals surface area contributed by atoms with Gasteiger partial charge in [0.25, 0.3) is 0 Å². The number of hydrogen-bond acceptors (Lipinski definition) is 8. The third-order valence-electron chi connectivity index (χ3n) is 1.91. The van der Waals surface area contributed by atoms with Gasteiger partial charge in [-0.2, -0.15) is 0 Å². The first-order valence-corrected chi connectivity index (χ1v) is 11.8. The van der Waals surface area contributed by atoms with E-state index < -0.39 is 18.2 Å². The summed E-state index contributed by atoms with van der Waals surface area (Å²) in [4.78, 5) is 11.5. The maximum atomic E-state index is 11.5. The molecule has 2 atom stereocenters. The summed E-state index contributed by atoms with van der Waals surface area (Å²) in [6.45, 7) is 9.48. The minimum absolute atomic E-state index is 0.0872. The molecule has 0 aromatic carbocycles. The lowest BCUT2D eigenvalue weighted by Crippen LogP contribution is -2.31. The van der Waals surface area contributed by atoms with E-state index in [-0.39, 0.29) is 17.2 Å². The summed E-state index contributed by atoms with van der Waals surface area (Å²) in [5, 5.41) is 10.7. The Balaban J connectivity index is 4.91. The van der Waals surface area contributed by atoms with Gasteiger partial charge in [-0.15, -0.1) is 0 Å². The van der Waals surface area contributed by atoms with Crippen molar-refractivity contribution in [2.45, 2.75) is 45.7 Å². The van der Waals surface area contributed by atoms with Gasteiger partial charge < -0.3 is 14.6 Å². The Morgan fingerprint density at radius 2 is 1.90 bits per heavy atom. The van der Waals surface area contributed by atoms with Crippen LogP contribution >= 0.6 is 28.0 Å². The molecule has 1 amide bonds. The second kappa shape index (κ2) is 10.1. The Morgan fingerprint density at radius 1 is 1.33 bits per heavy atom. The van der Waals surface area contributed by atoms with Crippen molar-refractivity contribution < 1.29 is 14.1 Å². The Morgan fingerprint density at radius 3 is 2.33 bits per heavy atom. The smallest absolute Gasteiger partial charge is 0.408 e. The highest BCUT2D eigenvalue weighted by Gasteiger charge is 2.34. The molecule has 0 aliphatic rings. The van der Waals surface area contributed by atoms with E-state index in [1.807, 2.05) is 27.7 Å². The fourth-order valence-electron chi connectivity index (χ4n) is 1.20. The molecule has 0 saturated carbocycles. The number of rotatable bonds is 8. The van der Waals surface area contributed by atoms with Crippen LogP contribution in [-0.4, -0.2) is 42.8 Å². The van der Waals surface area contributed by atoms with Crippen molar-refractivity contribution in [1.82, 2.24) is 10.0 Å². The quantitative estimate of drug-likeness (QED) is 0.198. The molecule has 0 aromatic rings. The molecule has 0 saturated heterocycles. The molecule has 0 aliphatic carbocycles. The molecule has 0 radical (unpaired) electrons. The van der Waals surface area contributed by atoms with Crippen LogP contribution < -0.4 is 10.0 Å². The fourth-order valence-corrected chi connectivity index (χ4v) is 6.72. The van der Waals surface area contributed by atoms with Crippen LogP contribution in [0.25, 0.3) is 0 Å². The van der Waals surface area contributed by atoms with Gasteiger partial charge in [0.15, 0.2) is 0 Å². The van der Waals surface area contributed by atoms with Crippen LogP contribution in [0.4, 0.5) is 4.79 Å². The molecule has 0 heterocycles. The molecule has 0 aromatic heterocycles. The average molecular weight is 374 g/mol. The molecule has 0 fully saturated rings. The highest BCUT2D eigenvalue weighted by atomic mass is 33.1. The lowest BCUT2D eigenvalue weighted by Gasteiger charge is -2.29. The number of alkyl carbamates (subject to hydrolysis) is 1. The molecular formula is C11H24N3O3PS3. The minimum Gasteiger partial charge on any atom is -0.431 e. The first-order chi connectivity index (χ1) is 9.60. The zero-order valence-corrected chi connectivity index (χ0v) is 16.5. The Bertz CT molecular complexity index is 407. The topological polar surface area (TPSA) is 83.4 Å². The highest BCUT2D eigenvalue weighted by Crippen LogP contribution is 2.52. The number of amides is 1. The van der Waals surface area contributed by atoms with Gasteiger partial charge in [-0.1, -0.05) is 11.8 Å². The van der Waals surface area contributed by atoms with Gasteiger partial charge >= 0.3 is 6.09 Å². The van der Waals surface area contributed by atoms with Crippen LogP contribution in [0.15, 0.2) is 0 Å². The number of nitrogens with one attached hydrogen (secondary N) is 3. The van der Waals surface area contributed by atoms with E-state index in [0.717, 1.165) is 0 Å². The molecule has 21 heavy (non-hydrogen) atoms. The number of carbonyl (C=O) groups excluding carboxylic acids is 1. The van der Waals surface area contributed by atoms with Crippen molar-refractivity contribution >= 4 is 51.0 Å². The van der Waals surface area contributed by atoms with E-state index in [9.17, 15) is 4.79 Å². The zero-order chi connectivity index (χ0) is 16.6. The van der Waals surface area contributed by atoms with Gasteiger partial charge in [0.05, 0.1) is 6.10 Å². The molecule has 124 valence electrons. The lowest BCUT2D eigenvalue weighted by atomic mass is 10.4. The molecule has 0 bridgehead atoms. The second-order valence-corrected chi connectivity index (χ2v) is 11.6. The third kappa shape index (κ3) is 9.05. The van der Waals surface area contributed by atoms with Gasteiger partial charge in [0.2, 0.25) is 5.85 Å². The summed E-state index contributed by atoms with van der Waals surface area (Å²) in [5.74, 6) is -0.846. The van der Waals surface area contributed by atoms with E-state index in [0.29, 0.717) is 0 Å². The van der Waals surface area contributed by atoms with E-state index in [1.165, 1.54) is 28.8 Å². The van der Waals surface area contributed by atoms with Crippen LogP contribution in [0.5, 0.6) is 0 Å². The van der Waals surface area contributed by atoms with Crippen molar-refractivity contribution in [3.8, 4) is 0 Å². The minimum atomic E-state index is -2.48. The van der Waals surface area contributed by atoms with Gasteiger partial charge in [-0.3, -0.25) is 10.1 Å². The Hall–Kier alpha value is 0.210. The fraction of sp³-hybridized carbons (Fsp3) is 0.818. The predicted octanol–water partition coefficient (Wildman–Crippen LogP) is 3.39. The SMILES string of the molecule is CNC(=O)OC(C(=N)SSNC(C)C)P(C)(=S)OC(C)C. The van der Waals surface area contributed by atoms with Crippen LogP contribution in [0.1, 0.15) is 27.7 Å². The van der Waals surface area contributed by atoms with Gasteiger partial charge in [0, 0.05) is 13.1 Å². The highest BCUT2D eigenvalue weighted by molar-refractivity contribution is 8.81. The van der Waals surface area contributed by atoms with Crippen molar-refractivity contribution in [2.24, 2.45) is 0 Å². The Labute approximate surface area is 140 Å². The summed E-state index contributed by atoms with van der Waals surface area (Å²) in [6.07, 6.45) is -3.18. The van der Waals surface area contributed by atoms with Crippen LogP contribution in [0, 0.1) is 5.41 Å². The van der Waals surface area contributed by atoms with Crippen molar-refractivity contribution in [3.63, 3.8) is 0 Å². The van der Waals surface area contributed by atoms with Gasteiger partial charge in [0.1, 0.15) is 11.3 Å².